The molecule has 2 rings (SSSR count). The first-order chi connectivity index (χ1) is 10.9. The Morgan fingerprint density at radius 2 is 2.12 bits per heavy atom. The summed E-state index contributed by atoms with van der Waals surface area (Å²) in [5.41, 5.74) is 0.223. The molecule has 1 fully saturated rings. The highest BCUT2D eigenvalue weighted by Gasteiger charge is 2.26. The lowest BCUT2D eigenvalue weighted by Gasteiger charge is -2.29. The maximum absolute atomic E-state index is 13.9. The van der Waals surface area contributed by atoms with Gasteiger partial charge in [-0.2, -0.15) is 0 Å². The third-order valence-electron chi connectivity index (χ3n) is 4.98. The number of rotatable bonds is 6. The molecule has 0 spiro atoms. The van der Waals surface area contributed by atoms with E-state index in [2.05, 4.69) is 17.6 Å². The molecule has 2 atom stereocenters. The Balaban J connectivity index is 0.00000288. The molecule has 2 N–H and O–H groups in total. The molecule has 1 amide bonds. The van der Waals surface area contributed by atoms with Gasteiger partial charge in [0, 0.05) is 18.4 Å². The third-order valence-corrected chi connectivity index (χ3v) is 4.98. The number of hydrogen-bond donors (Lipinski definition) is 2. The number of amides is 1. The van der Waals surface area contributed by atoms with Gasteiger partial charge in [0.05, 0.1) is 0 Å². The summed E-state index contributed by atoms with van der Waals surface area (Å²) in [4.78, 5) is 12.2. The van der Waals surface area contributed by atoms with E-state index in [1.54, 1.807) is 12.1 Å². The lowest BCUT2D eigenvalue weighted by molar-refractivity contribution is -0.122. The number of piperidine rings is 1. The van der Waals surface area contributed by atoms with Crippen LogP contribution in [0.3, 0.4) is 0 Å². The molecule has 1 aromatic carbocycles. The minimum Gasteiger partial charge on any atom is -0.355 e. The zero-order valence-electron chi connectivity index (χ0n) is 14.9. The average molecular weight is 357 g/mol. The smallest absolute Gasteiger partial charge is 0.220 e. The van der Waals surface area contributed by atoms with Crippen LogP contribution in [-0.2, 0) is 10.2 Å². The van der Waals surface area contributed by atoms with Crippen LogP contribution in [0.25, 0.3) is 0 Å². The molecule has 1 saturated heterocycles. The molecule has 1 heterocycles. The summed E-state index contributed by atoms with van der Waals surface area (Å²) in [5, 5.41) is 6.39. The van der Waals surface area contributed by atoms with E-state index in [-0.39, 0.29) is 24.1 Å². The Bertz CT molecular complexity index is 530. The topological polar surface area (TPSA) is 41.1 Å². The van der Waals surface area contributed by atoms with Crippen molar-refractivity contribution >= 4 is 18.3 Å². The number of carbonyl (C=O) groups excluding carboxylic acids is 1. The van der Waals surface area contributed by atoms with Crippen molar-refractivity contribution in [3.63, 3.8) is 0 Å². The number of benzene rings is 1. The molecular weight excluding hydrogens is 327 g/mol. The highest BCUT2D eigenvalue weighted by Crippen LogP contribution is 2.25. The van der Waals surface area contributed by atoms with Crippen LogP contribution in [0.4, 0.5) is 4.39 Å². The molecule has 3 nitrogen and oxygen atoms in total. The minimum absolute atomic E-state index is 0. The van der Waals surface area contributed by atoms with E-state index in [1.807, 2.05) is 19.9 Å². The Morgan fingerprint density at radius 1 is 1.42 bits per heavy atom. The number of halogens is 2. The standard InChI is InChI=1S/C19H29FN2O.ClH/c1-14(15-7-6-10-21-12-15)11-18(23)22-13-19(2,3)16-8-4-5-9-17(16)20;/h4-5,8-9,14-15,21H,6-7,10-13H2,1-3H3,(H,22,23);1H. The maximum Gasteiger partial charge on any atom is 0.220 e. The monoisotopic (exact) mass is 356 g/mol. The molecule has 0 radical (unpaired) electrons. The third kappa shape index (κ3) is 5.75. The zero-order chi connectivity index (χ0) is 16.9. The SMILES string of the molecule is CC(CC(=O)NCC(C)(C)c1ccccc1F)C1CCCNC1.Cl. The second-order valence-corrected chi connectivity index (χ2v) is 7.43. The van der Waals surface area contributed by atoms with Crippen molar-refractivity contribution in [1.82, 2.24) is 10.6 Å². The van der Waals surface area contributed by atoms with E-state index in [0.717, 1.165) is 13.1 Å². The fraction of sp³-hybridized carbons (Fsp3) is 0.632. The van der Waals surface area contributed by atoms with Gasteiger partial charge in [-0.3, -0.25) is 4.79 Å². The predicted octanol–water partition coefficient (Wildman–Crippen LogP) is 3.67. The van der Waals surface area contributed by atoms with Crippen LogP contribution in [0, 0.1) is 17.7 Å². The molecule has 1 aliphatic rings. The maximum atomic E-state index is 13.9. The van der Waals surface area contributed by atoms with E-state index < -0.39 is 5.41 Å². The molecule has 1 aliphatic heterocycles. The molecule has 0 aromatic heterocycles. The zero-order valence-corrected chi connectivity index (χ0v) is 15.7. The second-order valence-electron chi connectivity index (χ2n) is 7.43. The summed E-state index contributed by atoms with van der Waals surface area (Å²) in [6, 6.07) is 6.78. The molecule has 0 aliphatic carbocycles. The molecule has 136 valence electrons. The van der Waals surface area contributed by atoms with E-state index in [4.69, 9.17) is 0 Å². The van der Waals surface area contributed by atoms with E-state index >= 15 is 0 Å². The average Bonchev–Trinajstić information content (AvgIpc) is 2.54. The van der Waals surface area contributed by atoms with Gasteiger partial charge in [0.1, 0.15) is 5.82 Å². The van der Waals surface area contributed by atoms with Crippen molar-refractivity contribution in [2.75, 3.05) is 19.6 Å². The van der Waals surface area contributed by atoms with Gasteiger partial charge in [0.15, 0.2) is 0 Å². The summed E-state index contributed by atoms with van der Waals surface area (Å²) < 4.78 is 13.9. The summed E-state index contributed by atoms with van der Waals surface area (Å²) in [6.45, 7) is 8.61. The van der Waals surface area contributed by atoms with Gasteiger partial charge in [-0.15, -0.1) is 12.4 Å². The van der Waals surface area contributed by atoms with Crippen LogP contribution in [0.5, 0.6) is 0 Å². The molecule has 5 heteroatoms. The summed E-state index contributed by atoms with van der Waals surface area (Å²) >= 11 is 0. The Kier molecular flexibility index (Phi) is 8.17. The molecule has 1 aromatic rings. The van der Waals surface area contributed by atoms with Crippen molar-refractivity contribution in [2.45, 2.75) is 45.4 Å². The van der Waals surface area contributed by atoms with Gasteiger partial charge in [-0.1, -0.05) is 39.0 Å². The lowest BCUT2D eigenvalue weighted by Crippen LogP contribution is -2.39. The van der Waals surface area contributed by atoms with Crippen molar-refractivity contribution in [3.8, 4) is 0 Å². The molecular formula is C19H30ClFN2O. The molecule has 2 unspecified atom stereocenters. The van der Waals surface area contributed by atoms with Crippen LogP contribution < -0.4 is 10.6 Å². The van der Waals surface area contributed by atoms with Gasteiger partial charge in [0.2, 0.25) is 5.91 Å². The first-order valence-electron chi connectivity index (χ1n) is 8.62. The van der Waals surface area contributed by atoms with Gasteiger partial charge in [-0.05, 0) is 49.4 Å². The number of hydrogen-bond acceptors (Lipinski definition) is 2. The highest BCUT2D eigenvalue weighted by atomic mass is 35.5. The largest absolute Gasteiger partial charge is 0.355 e. The summed E-state index contributed by atoms with van der Waals surface area (Å²) in [6.07, 6.45) is 2.93. The Hall–Kier alpha value is -1.13. The van der Waals surface area contributed by atoms with Crippen molar-refractivity contribution in [3.05, 3.63) is 35.6 Å². The molecule has 0 bridgehead atoms. The summed E-state index contributed by atoms with van der Waals surface area (Å²) in [5.74, 6) is 0.800. The number of carbonyl (C=O) groups is 1. The van der Waals surface area contributed by atoms with Crippen LogP contribution in [-0.4, -0.2) is 25.5 Å². The molecule has 0 saturated carbocycles. The summed E-state index contributed by atoms with van der Waals surface area (Å²) in [7, 11) is 0. The van der Waals surface area contributed by atoms with E-state index in [1.165, 1.54) is 18.9 Å². The first kappa shape index (κ1) is 20.9. The number of nitrogens with one attached hydrogen (secondary N) is 2. The Morgan fingerprint density at radius 3 is 2.75 bits per heavy atom. The highest BCUT2D eigenvalue weighted by molar-refractivity contribution is 5.85. The van der Waals surface area contributed by atoms with Gasteiger partial charge in [-0.25, -0.2) is 4.39 Å². The molecule has 24 heavy (non-hydrogen) atoms. The van der Waals surface area contributed by atoms with Crippen molar-refractivity contribution < 1.29 is 9.18 Å². The van der Waals surface area contributed by atoms with E-state index in [9.17, 15) is 9.18 Å². The quantitative estimate of drug-likeness (QED) is 0.816. The van der Waals surface area contributed by atoms with Gasteiger partial charge < -0.3 is 10.6 Å². The van der Waals surface area contributed by atoms with Crippen LogP contribution in [0.15, 0.2) is 24.3 Å². The van der Waals surface area contributed by atoms with Gasteiger partial charge >= 0.3 is 0 Å². The van der Waals surface area contributed by atoms with Crippen LogP contribution in [0.1, 0.15) is 45.6 Å². The normalized spacial score (nSPS) is 19.2. The predicted molar refractivity (Wildman–Crippen MR) is 99.1 cm³/mol. The van der Waals surface area contributed by atoms with Crippen molar-refractivity contribution in [2.24, 2.45) is 11.8 Å². The first-order valence-corrected chi connectivity index (χ1v) is 8.62. The van der Waals surface area contributed by atoms with E-state index in [0.29, 0.717) is 30.4 Å². The fourth-order valence-corrected chi connectivity index (χ4v) is 3.32. The Labute approximate surface area is 151 Å². The minimum atomic E-state index is -0.420. The lowest BCUT2D eigenvalue weighted by atomic mass is 9.83. The second kappa shape index (κ2) is 9.38. The van der Waals surface area contributed by atoms with Crippen molar-refractivity contribution in [1.29, 1.82) is 0 Å². The van der Waals surface area contributed by atoms with Crippen LogP contribution >= 0.6 is 12.4 Å². The fourth-order valence-electron chi connectivity index (χ4n) is 3.32. The van der Waals surface area contributed by atoms with Gasteiger partial charge in [0.25, 0.3) is 0 Å². The van der Waals surface area contributed by atoms with Crippen LogP contribution in [0.2, 0.25) is 0 Å².